The summed E-state index contributed by atoms with van der Waals surface area (Å²) in [5.74, 6) is 0.652. The minimum Gasteiger partial charge on any atom is -0.354 e. The van der Waals surface area contributed by atoms with Crippen molar-refractivity contribution < 1.29 is 0 Å². The van der Waals surface area contributed by atoms with Gasteiger partial charge in [0, 0.05) is 12.2 Å². The van der Waals surface area contributed by atoms with E-state index in [4.69, 9.17) is 5.26 Å². The second kappa shape index (κ2) is 5.61. The average molecular weight is 258 g/mol. The van der Waals surface area contributed by atoms with Gasteiger partial charge in [-0.3, -0.25) is 0 Å². The van der Waals surface area contributed by atoms with Crippen molar-refractivity contribution in [2.24, 2.45) is 0 Å². The summed E-state index contributed by atoms with van der Waals surface area (Å²) in [7, 11) is 0. The highest BCUT2D eigenvalue weighted by Crippen LogP contribution is 2.27. The van der Waals surface area contributed by atoms with Gasteiger partial charge in [0.2, 0.25) is 5.95 Å². The number of aryl methyl sites for hydroxylation is 1. The van der Waals surface area contributed by atoms with Gasteiger partial charge in [0.15, 0.2) is 0 Å². The second-order valence-electron chi connectivity index (χ2n) is 3.92. The molecule has 2 heterocycles. The predicted octanol–water partition coefficient (Wildman–Crippen LogP) is 3.21. The first-order valence-corrected chi connectivity index (χ1v) is 6.64. The number of nitrogens with zero attached hydrogens (tertiary/aromatic N) is 3. The lowest BCUT2D eigenvalue weighted by molar-refractivity contribution is 0.947. The molecule has 0 atom stereocenters. The monoisotopic (exact) mass is 258 g/mol. The fourth-order valence-electron chi connectivity index (χ4n) is 1.55. The molecule has 1 N–H and O–H groups in total. The van der Waals surface area contributed by atoms with Gasteiger partial charge in [-0.25, -0.2) is 9.97 Å². The highest BCUT2D eigenvalue weighted by Gasteiger charge is 2.07. The van der Waals surface area contributed by atoms with Crippen LogP contribution in [0.5, 0.6) is 0 Å². The smallest absolute Gasteiger partial charge is 0.223 e. The number of nitrogens with one attached hydrogen (secondary N) is 1. The summed E-state index contributed by atoms with van der Waals surface area (Å²) < 4.78 is 0. The molecule has 0 radical (unpaired) electrons. The first-order valence-electron chi connectivity index (χ1n) is 5.82. The molecule has 0 saturated heterocycles. The normalized spacial score (nSPS) is 10.1. The first-order chi connectivity index (χ1) is 8.72. The molecule has 0 fully saturated rings. The third-order valence-electron chi connectivity index (χ3n) is 2.36. The molecule has 0 aliphatic rings. The molecule has 0 aliphatic heterocycles. The van der Waals surface area contributed by atoms with Crippen LogP contribution in [0.15, 0.2) is 18.2 Å². The highest BCUT2D eigenvalue weighted by molar-refractivity contribution is 7.15. The third kappa shape index (κ3) is 2.84. The number of hydrogen-bond acceptors (Lipinski definition) is 5. The summed E-state index contributed by atoms with van der Waals surface area (Å²) in [5.41, 5.74) is 1.79. The lowest BCUT2D eigenvalue weighted by atomic mass is 10.3. The first kappa shape index (κ1) is 12.5. The zero-order valence-electron chi connectivity index (χ0n) is 10.4. The Kier molecular flexibility index (Phi) is 3.90. The Morgan fingerprint density at radius 3 is 2.89 bits per heavy atom. The SMILES string of the molecule is CCCNc1nc(C)cc(-c2ccc(C#N)s2)n1. The minimum absolute atomic E-state index is 0.652. The zero-order chi connectivity index (χ0) is 13.0. The van der Waals surface area contributed by atoms with Crippen LogP contribution in [0, 0.1) is 18.3 Å². The van der Waals surface area contributed by atoms with Gasteiger partial charge in [-0.1, -0.05) is 6.92 Å². The average Bonchev–Trinajstić information content (AvgIpc) is 2.84. The summed E-state index contributed by atoms with van der Waals surface area (Å²) in [4.78, 5) is 10.5. The van der Waals surface area contributed by atoms with Crippen molar-refractivity contribution in [1.82, 2.24) is 9.97 Å². The Morgan fingerprint density at radius 1 is 1.39 bits per heavy atom. The van der Waals surface area contributed by atoms with E-state index >= 15 is 0 Å². The molecule has 0 unspecified atom stereocenters. The lowest BCUT2D eigenvalue weighted by Gasteiger charge is -2.06. The Labute approximate surface area is 110 Å². The van der Waals surface area contributed by atoms with Crippen molar-refractivity contribution in [3.05, 3.63) is 28.8 Å². The molecule has 2 aromatic heterocycles. The van der Waals surface area contributed by atoms with E-state index in [1.165, 1.54) is 11.3 Å². The molecule has 5 heteroatoms. The van der Waals surface area contributed by atoms with Crippen LogP contribution >= 0.6 is 11.3 Å². The Bertz CT molecular complexity index is 583. The maximum Gasteiger partial charge on any atom is 0.223 e. The maximum absolute atomic E-state index is 8.84. The second-order valence-corrected chi connectivity index (χ2v) is 5.00. The van der Waals surface area contributed by atoms with E-state index in [9.17, 15) is 0 Å². The van der Waals surface area contributed by atoms with Gasteiger partial charge in [-0.2, -0.15) is 5.26 Å². The quantitative estimate of drug-likeness (QED) is 0.914. The number of aromatic nitrogens is 2. The van der Waals surface area contributed by atoms with Crippen molar-refractivity contribution in [1.29, 1.82) is 5.26 Å². The van der Waals surface area contributed by atoms with Crippen molar-refractivity contribution in [3.63, 3.8) is 0 Å². The third-order valence-corrected chi connectivity index (χ3v) is 3.37. The van der Waals surface area contributed by atoms with Gasteiger partial charge < -0.3 is 5.32 Å². The molecule has 0 saturated carbocycles. The standard InChI is InChI=1S/C13H14N4S/c1-3-6-15-13-16-9(2)7-11(17-13)12-5-4-10(8-14)18-12/h4-5,7H,3,6H2,1-2H3,(H,15,16,17). The molecule has 0 aromatic carbocycles. The van der Waals surface area contributed by atoms with Crippen LogP contribution in [0.1, 0.15) is 23.9 Å². The highest BCUT2D eigenvalue weighted by atomic mass is 32.1. The Morgan fingerprint density at radius 2 is 2.22 bits per heavy atom. The van der Waals surface area contributed by atoms with Gasteiger partial charge in [0.05, 0.1) is 10.6 Å². The number of anilines is 1. The maximum atomic E-state index is 8.84. The van der Waals surface area contributed by atoms with Crippen molar-refractivity contribution in [2.45, 2.75) is 20.3 Å². The van der Waals surface area contributed by atoms with E-state index < -0.39 is 0 Å². The molecule has 0 amide bonds. The molecule has 0 bridgehead atoms. The van der Waals surface area contributed by atoms with Crippen LogP contribution in [-0.4, -0.2) is 16.5 Å². The predicted molar refractivity (Wildman–Crippen MR) is 73.6 cm³/mol. The van der Waals surface area contributed by atoms with Crippen molar-refractivity contribution in [3.8, 4) is 16.6 Å². The fourth-order valence-corrected chi connectivity index (χ4v) is 2.31. The van der Waals surface area contributed by atoms with E-state index in [2.05, 4.69) is 28.3 Å². The van der Waals surface area contributed by atoms with Gasteiger partial charge in [0.25, 0.3) is 0 Å². The number of thiophene rings is 1. The molecule has 2 rings (SSSR count). The fraction of sp³-hybridized carbons (Fsp3) is 0.308. The van der Waals surface area contributed by atoms with Gasteiger partial charge in [-0.05, 0) is 31.5 Å². The molecular weight excluding hydrogens is 244 g/mol. The van der Waals surface area contributed by atoms with E-state index in [-0.39, 0.29) is 0 Å². The van der Waals surface area contributed by atoms with Crippen molar-refractivity contribution in [2.75, 3.05) is 11.9 Å². The van der Waals surface area contributed by atoms with E-state index in [0.717, 1.165) is 29.2 Å². The molecular formula is C13H14N4S. The van der Waals surface area contributed by atoms with Crippen LogP contribution in [-0.2, 0) is 0 Å². The van der Waals surface area contributed by atoms with Gasteiger partial charge >= 0.3 is 0 Å². The van der Waals surface area contributed by atoms with Crippen LogP contribution in [0.25, 0.3) is 10.6 Å². The number of nitriles is 1. The lowest BCUT2D eigenvalue weighted by Crippen LogP contribution is -2.05. The molecule has 18 heavy (non-hydrogen) atoms. The summed E-state index contributed by atoms with van der Waals surface area (Å²) in [6, 6.07) is 7.82. The molecule has 0 aliphatic carbocycles. The summed E-state index contributed by atoms with van der Waals surface area (Å²) in [6.45, 7) is 4.90. The largest absolute Gasteiger partial charge is 0.354 e. The van der Waals surface area contributed by atoms with Crippen LogP contribution in [0.3, 0.4) is 0 Å². The molecule has 0 spiro atoms. The summed E-state index contributed by atoms with van der Waals surface area (Å²) in [6.07, 6.45) is 1.03. The van der Waals surface area contributed by atoms with Gasteiger partial charge in [-0.15, -0.1) is 11.3 Å². The molecule has 4 nitrogen and oxygen atoms in total. The zero-order valence-corrected chi connectivity index (χ0v) is 11.2. The van der Waals surface area contributed by atoms with Crippen LogP contribution in [0.2, 0.25) is 0 Å². The van der Waals surface area contributed by atoms with Crippen LogP contribution < -0.4 is 5.32 Å². The van der Waals surface area contributed by atoms with E-state index in [1.54, 1.807) is 0 Å². The number of hydrogen-bond donors (Lipinski definition) is 1. The van der Waals surface area contributed by atoms with Crippen LogP contribution in [0.4, 0.5) is 5.95 Å². The summed E-state index contributed by atoms with van der Waals surface area (Å²) in [5, 5.41) is 12.0. The number of rotatable bonds is 4. The van der Waals surface area contributed by atoms with Gasteiger partial charge in [0.1, 0.15) is 10.9 Å². The minimum atomic E-state index is 0.652. The Hall–Kier alpha value is -1.93. The molecule has 2 aromatic rings. The van der Waals surface area contributed by atoms with E-state index in [1.807, 2.05) is 25.1 Å². The topological polar surface area (TPSA) is 61.6 Å². The van der Waals surface area contributed by atoms with Crippen molar-refractivity contribution >= 4 is 17.3 Å². The Balaban J connectivity index is 2.32. The summed E-state index contributed by atoms with van der Waals surface area (Å²) >= 11 is 1.45. The van der Waals surface area contributed by atoms with E-state index in [0.29, 0.717) is 10.8 Å². The molecule has 92 valence electrons.